The van der Waals surface area contributed by atoms with Gasteiger partial charge in [-0.2, -0.15) is 0 Å². The molecule has 6 heteroatoms. The molecule has 20 heavy (non-hydrogen) atoms. The Morgan fingerprint density at radius 3 is 2.95 bits per heavy atom. The second-order valence-corrected chi connectivity index (χ2v) is 6.60. The first-order chi connectivity index (χ1) is 9.61. The highest BCUT2D eigenvalue weighted by Crippen LogP contribution is 2.42. The Balaban J connectivity index is 1.79. The summed E-state index contributed by atoms with van der Waals surface area (Å²) in [6.07, 6.45) is 3.67. The number of hydrogen-bond donors (Lipinski definition) is 1. The molecule has 0 amide bonds. The lowest BCUT2D eigenvalue weighted by atomic mass is 10.1. The molecular formula is C14H13FN2O2S. The Bertz CT molecular complexity index is 715. The van der Waals surface area contributed by atoms with Gasteiger partial charge in [-0.3, -0.25) is 0 Å². The molecule has 4 rings (SSSR count). The predicted molar refractivity (Wildman–Crippen MR) is 75.0 cm³/mol. The average Bonchev–Trinajstić information content (AvgIpc) is 3.12. The molecule has 0 unspecified atom stereocenters. The topological polar surface area (TPSA) is 53.4 Å². The summed E-state index contributed by atoms with van der Waals surface area (Å²) in [4.78, 5) is 17.6. The van der Waals surface area contributed by atoms with Crippen LogP contribution >= 0.6 is 11.3 Å². The van der Waals surface area contributed by atoms with Gasteiger partial charge in [0.25, 0.3) is 0 Å². The van der Waals surface area contributed by atoms with Crippen LogP contribution in [0, 0.1) is 11.7 Å². The third-order valence-corrected chi connectivity index (χ3v) is 5.38. The molecule has 2 aliphatic rings. The van der Waals surface area contributed by atoms with Gasteiger partial charge in [-0.1, -0.05) is 11.3 Å². The van der Waals surface area contributed by atoms with Gasteiger partial charge in [0.05, 0.1) is 10.3 Å². The largest absolute Gasteiger partial charge is 0.478 e. The van der Waals surface area contributed by atoms with Crippen molar-refractivity contribution in [3.8, 4) is 0 Å². The van der Waals surface area contributed by atoms with E-state index in [9.17, 15) is 9.18 Å². The highest BCUT2D eigenvalue weighted by atomic mass is 32.1. The quantitative estimate of drug-likeness (QED) is 0.924. The summed E-state index contributed by atoms with van der Waals surface area (Å²) in [6.45, 7) is 0.998. The molecular weight excluding hydrogens is 279 g/mol. The summed E-state index contributed by atoms with van der Waals surface area (Å²) in [5.41, 5.74) is 0.269. The predicted octanol–water partition coefficient (Wildman–Crippen LogP) is 3.12. The van der Waals surface area contributed by atoms with Crippen molar-refractivity contribution < 1.29 is 14.3 Å². The summed E-state index contributed by atoms with van der Waals surface area (Å²) >= 11 is 1.39. The maximum Gasteiger partial charge on any atom is 0.335 e. The molecule has 1 aromatic carbocycles. The van der Waals surface area contributed by atoms with E-state index in [1.54, 1.807) is 0 Å². The van der Waals surface area contributed by atoms with Gasteiger partial charge in [-0.15, -0.1) is 0 Å². The van der Waals surface area contributed by atoms with E-state index < -0.39 is 11.8 Å². The molecule has 2 heterocycles. The van der Waals surface area contributed by atoms with Gasteiger partial charge < -0.3 is 10.0 Å². The first kappa shape index (κ1) is 12.1. The van der Waals surface area contributed by atoms with Crippen LogP contribution in [0.3, 0.4) is 0 Å². The molecule has 1 N–H and O–H groups in total. The van der Waals surface area contributed by atoms with Crippen molar-refractivity contribution >= 4 is 32.7 Å². The highest BCUT2D eigenvalue weighted by Gasteiger charge is 2.39. The van der Waals surface area contributed by atoms with Crippen LogP contribution in [0.25, 0.3) is 10.2 Å². The number of rotatable bonds is 2. The zero-order valence-corrected chi connectivity index (χ0v) is 11.5. The second-order valence-electron chi connectivity index (χ2n) is 5.59. The van der Waals surface area contributed by atoms with E-state index in [2.05, 4.69) is 9.88 Å². The van der Waals surface area contributed by atoms with Crippen molar-refractivity contribution in [2.24, 2.45) is 5.92 Å². The molecule has 2 bridgehead atoms. The van der Waals surface area contributed by atoms with E-state index in [1.165, 1.54) is 36.7 Å². The lowest BCUT2D eigenvalue weighted by Crippen LogP contribution is -2.31. The van der Waals surface area contributed by atoms with Crippen molar-refractivity contribution in [2.45, 2.75) is 25.3 Å². The van der Waals surface area contributed by atoms with Crippen molar-refractivity contribution in [2.75, 3.05) is 11.4 Å². The molecule has 0 spiro atoms. The van der Waals surface area contributed by atoms with Crippen molar-refractivity contribution in [1.29, 1.82) is 0 Å². The third kappa shape index (κ3) is 1.71. The zero-order chi connectivity index (χ0) is 13.9. The van der Waals surface area contributed by atoms with Gasteiger partial charge in [-0.25, -0.2) is 14.2 Å². The number of benzene rings is 1. The molecule has 2 atom stereocenters. The average molecular weight is 292 g/mol. The number of anilines is 1. The van der Waals surface area contributed by atoms with Gasteiger partial charge in [0.1, 0.15) is 5.52 Å². The number of aromatic nitrogens is 1. The van der Waals surface area contributed by atoms with Crippen LogP contribution in [0.5, 0.6) is 0 Å². The third-order valence-electron chi connectivity index (χ3n) is 4.34. The minimum atomic E-state index is -1.11. The summed E-state index contributed by atoms with van der Waals surface area (Å²) < 4.78 is 14.6. The number of nitrogens with zero attached hydrogens (tertiary/aromatic N) is 2. The van der Waals surface area contributed by atoms with E-state index in [4.69, 9.17) is 5.11 Å². The Morgan fingerprint density at radius 1 is 1.45 bits per heavy atom. The van der Waals surface area contributed by atoms with Crippen molar-refractivity contribution in [3.05, 3.63) is 23.5 Å². The molecule has 0 radical (unpaired) electrons. The second kappa shape index (κ2) is 4.15. The van der Waals surface area contributed by atoms with Gasteiger partial charge >= 0.3 is 5.97 Å². The number of aromatic carboxylic acids is 1. The van der Waals surface area contributed by atoms with E-state index in [0.29, 0.717) is 10.7 Å². The van der Waals surface area contributed by atoms with E-state index in [-0.39, 0.29) is 11.1 Å². The molecule has 1 aromatic heterocycles. The highest BCUT2D eigenvalue weighted by molar-refractivity contribution is 7.22. The lowest BCUT2D eigenvalue weighted by Gasteiger charge is -2.26. The summed E-state index contributed by atoms with van der Waals surface area (Å²) in [5, 5.41) is 9.81. The number of carboxylic acids is 1. The van der Waals surface area contributed by atoms with Gasteiger partial charge in [0.15, 0.2) is 10.9 Å². The normalized spacial score (nSPS) is 24.8. The molecule has 1 aliphatic heterocycles. The number of carboxylic acid groups (broad SMARTS) is 1. The molecule has 4 nitrogen and oxygen atoms in total. The number of piperidine rings is 1. The number of hydrogen-bond acceptors (Lipinski definition) is 4. The first-order valence-electron chi connectivity index (χ1n) is 6.72. The maximum atomic E-state index is 14.0. The fourth-order valence-corrected chi connectivity index (χ4v) is 4.48. The fourth-order valence-electron chi connectivity index (χ4n) is 3.38. The smallest absolute Gasteiger partial charge is 0.335 e. The molecule has 1 saturated heterocycles. The number of fused-ring (bicyclic) bond motifs is 3. The summed E-state index contributed by atoms with van der Waals surface area (Å²) in [7, 11) is 0. The van der Waals surface area contributed by atoms with Gasteiger partial charge in [0, 0.05) is 12.6 Å². The number of thiazole rings is 1. The number of carbonyl (C=O) groups is 1. The lowest BCUT2D eigenvalue weighted by molar-refractivity contribution is 0.0696. The van der Waals surface area contributed by atoms with Gasteiger partial charge in [-0.05, 0) is 37.3 Å². The Morgan fingerprint density at radius 2 is 2.30 bits per heavy atom. The standard InChI is InChI=1S/C14H13FN2O2S/c15-10-4-8(13(18)19)5-11-12(10)16-14(20-11)17-6-7-1-2-9(17)3-7/h4-5,7,9H,1-3,6H2,(H,18,19)/t7-,9+/m0/s1. The monoisotopic (exact) mass is 292 g/mol. The SMILES string of the molecule is O=C(O)c1cc(F)c2nc(N3C[C@H]4CC[C@@H]3C4)sc2c1. The molecule has 1 saturated carbocycles. The van der Waals surface area contributed by atoms with E-state index in [1.807, 2.05) is 0 Å². The minimum Gasteiger partial charge on any atom is -0.478 e. The fraction of sp³-hybridized carbons (Fsp3) is 0.429. The van der Waals surface area contributed by atoms with E-state index >= 15 is 0 Å². The van der Waals surface area contributed by atoms with Crippen molar-refractivity contribution in [1.82, 2.24) is 4.98 Å². The van der Waals surface area contributed by atoms with Gasteiger partial charge in [0.2, 0.25) is 0 Å². The van der Waals surface area contributed by atoms with Crippen LogP contribution in [0.2, 0.25) is 0 Å². The Labute approximate surface area is 118 Å². The van der Waals surface area contributed by atoms with Crippen LogP contribution in [0.4, 0.5) is 9.52 Å². The minimum absolute atomic E-state index is 0.0202. The number of halogens is 1. The van der Waals surface area contributed by atoms with Crippen LogP contribution in [0.1, 0.15) is 29.6 Å². The van der Waals surface area contributed by atoms with Crippen LogP contribution in [-0.2, 0) is 0 Å². The maximum absolute atomic E-state index is 14.0. The van der Waals surface area contributed by atoms with Crippen LogP contribution in [0.15, 0.2) is 12.1 Å². The first-order valence-corrected chi connectivity index (χ1v) is 7.53. The summed E-state index contributed by atoms with van der Waals surface area (Å²) in [5.74, 6) is -0.917. The van der Waals surface area contributed by atoms with Crippen LogP contribution < -0.4 is 4.90 Å². The van der Waals surface area contributed by atoms with E-state index in [0.717, 1.165) is 23.7 Å². The molecule has 1 aliphatic carbocycles. The Kier molecular flexibility index (Phi) is 2.51. The Hall–Kier alpha value is -1.69. The van der Waals surface area contributed by atoms with Crippen molar-refractivity contribution in [3.63, 3.8) is 0 Å². The molecule has 104 valence electrons. The summed E-state index contributed by atoms with van der Waals surface area (Å²) in [6, 6.07) is 3.09. The zero-order valence-electron chi connectivity index (χ0n) is 10.7. The molecule has 2 aromatic rings. The molecule has 2 fully saturated rings. The van der Waals surface area contributed by atoms with Crippen LogP contribution in [-0.4, -0.2) is 28.6 Å².